The smallest absolute Gasteiger partial charge is 0.160 e. The second kappa shape index (κ2) is 5.97. The van der Waals surface area contributed by atoms with E-state index in [1.165, 1.54) is 12.8 Å². The molecule has 1 aliphatic heterocycles. The van der Waals surface area contributed by atoms with Gasteiger partial charge in [0.05, 0.1) is 13.2 Å². The van der Waals surface area contributed by atoms with E-state index in [0.717, 1.165) is 26.1 Å². The summed E-state index contributed by atoms with van der Waals surface area (Å²) in [6.45, 7) is 3.84. The monoisotopic (exact) mass is 230 g/mol. The van der Waals surface area contributed by atoms with Crippen LogP contribution in [0.25, 0.3) is 0 Å². The van der Waals surface area contributed by atoms with Gasteiger partial charge in [-0.25, -0.2) is 4.39 Å². The fraction of sp³-hybridized carbons (Fsp3) is 1.00. The molecule has 0 atom stereocenters. The Balaban J connectivity index is 1.72. The van der Waals surface area contributed by atoms with Gasteiger partial charge in [-0.15, -0.1) is 0 Å². The Morgan fingerprint density at radius 3 is 2.25 bits per heavy atom. The highest BCUT2D eigenvalue weighted by atomic mass is 19.1. The van der Waals surface area contributed by atoms with E-state index >= 15 is 0 Å². The van der Waals surface area contributed by atoms with E-state index in [-0.39, 0.29) is 6.29 Å². The molecule has 16 heavy (non-hydrogen) atoms. The van der Waals surface area contributed by atoms with Crippen LogP contribution in [0.1, 0.15) is 45.4 Å². The van der Waals surface area contributed by atoms with Gasteiger partial charge in [-0.2, -0.15) is 0 Å². The van der Waals surface area contributed by atoms with Crippen LogP contribution in [-0.4, -0.2) is 25.7 Å². The zero-order valence-corrected chi connectivity index (χ0v) is 10.2. The summed E-state index contributed by atoms with van der Waals surface area (Å²) in [5.41, 5.74) is 0. The Bertz CT molecular complexity index is 194. The molecule has 0 radical (unpaired) electrons. The number of hydrogen-bond donors (Lipinski definition) is 0. The maximum atomic E-state index is 13.0. The molecule has 94 valence electrons. The third kappa shape index (κ3) is 3.17. The molecule has 1 aliphatic carbocycles. The highest BCUT2D eigenvalue weighted by Gasteiger charge is 2.32. The van der Waals surface area contributed by atoms with Crippen LogP contribution in [0.5, 0.6) is 0 Å². The van der Waals surface area contributed by atoms with Gasteiger partial charge < -0.3 is 9.47 Å². The van der Waals surface area contributed by atoms with Crippen LogP contribution in [-0.2, 0) is 9.47 Å². The van der Waals surface area contributed by atoms with Gasteiger partial charge in [-0.05, 0) is 32.1 Å². The minimum absolute atomic E-state index is 0.0550. The van der Waals surface area contributed by atoms with Crippen molar-refractivity contribution in [3.8, 4) is 0 Å². The normalized spacial score (nSPS) is 40.9. The van der Waals surface area contributed by atoms with Gasteiger partial charge in [0.1, 0.15) is 6.17 Å². The van der Waals surface area contributed by atoms with E-state index in [0.29, 0.717) is 24.7 Å². The largest absolute Gasteiger partial charge is 0.352 e. The molecule has 0 N–H and O–H groups in total. The quantitative estimate of drug-likeness (QED) is 0.740. The first-order valence-corrected chi connectivity index (χ1v) is 6.67. The van der Waals surface area contributed by atoms with Crippen molar-refractivity contribution in [2.75, 3.05) is 13.2 Å². The van der Waals surface area contributed by atoms with E-state index in [9.17, 15) is 4.39 Å². The highest BCUT2D eigenvalue weighted by molar-refractivity contribution is 4.76. The zero-order chi connectivity index (χ0) is 11.4. The molecule has 0 aromatic carbocycles. The van der Waals surface area contributed by atoms with Crippen molar-refractivity contribution >= 4 is 0 Å². The van der Waals surface area contributed by atoms with Gasteiger partial charge in [0.25, 0.3) is 0 Å². The summed E-state index contributed by atoms with van der Waals surface area (Å²) in [7, 11) is 0. The van der Waals surface area contributed by atoms with Gasteiger partial charge >= 0.3 is 0 Å². The third-order valence-corrected chi connectivity index (χ3v) is 3.78. The average molecular weight is 230 g/mol. The van der Waals surface area contributed by atoms with Crippen molar-refractivity contribution < 1.29 is 13.9 Å². The molecular formula is C13H23FO2. The topological polar surface area (TPSA) is 18.5 Å². The Labute approximate surface area is 97.5 Å². The molecule has 0 aromatic rings. The fourth-order valence-corrected chi connectivity index (χ4v) is 2.76. The molecule has 2 aliphatic rings. The predicted molar refractivity (Wildman–Crippen MR) is 60.9 cm³/mol. The maximum absolute atomic E-state index is 13.0. The number of alkyl halides is 1. The van der Waals surface area contributed by atoms with Crippen molar-refractivity contribution in [3.63, 3.8) is 0 Å². The zero-order valence-electron chi connectivity index (χ0n) is 10.2. The number of halogens is 1. The molecule has 0 spiro atoms. The summed E-state index contributed by atoms with van der Waals surface area (Å²) in [6, 6.07) is 0. The van der Waals surface area contributed by atoms with Crippen LogP contribution in [0.3, 0.4) is 0 Å². The molecule has 0 aromatic heterocycles. The molecule has 1 heterocycles. The lowest BCUT2D eigenvalue weighted by Crippen LogP contribution is -2.38. The standard InChI is InChI=1S/C13H23FO2/c1-2-3-10-8-15-13(16-9-10)11-4-6-12(14)7-5-11/h10-13H,2-9H2,1H3. The Morgan fingerprint density at radius 1 is 1.06 bits per heavy atom. The molecule has 2 nitrogen and oxygen atoms in total. The molecule has 0 bridgehead atoms. The molecular weight excluding hydrogens is 207 g/mol. The van der Waals surface area contributed by atoms with Crippen LogP contribution in [0, 0.1) is 11.8 Å². The summed E-state index contributed by atoms with van der Waals surface area (Å²) in [6.07, 6.45) is 4.94. The molecule has 0 amide bonds. The minimum atomic E-state index is -0.590. The molecule has 2 rings (SSSR count). The van der Waals surface area contributed by atoms with Crippen molar-refractivity contribution in [2.45, 2.75) is 57.9 Å². The fourth-order valence-electron chi connectivity index (χ4n) is 2.76. The van der Waals surface area contributed by atoms with Gasteiger partial charge in [0.15, 0.2) is 6.29 Å². The lowest BCUT2D eigenvalue weighted by atomic mass is 9.87. The summed E-state index contributed by atoms with van der Waals surface area (Å²) in [4.78, 5) is 0. The van der Waals surface area contributed by atoms with E-state index in [2.05, 4.69) is 6.92 Å². The first-order valence-electron chi connectivity index (χ1n) is 6.67. The van der Waals surface area contributed by atoms with Crippen molar-refractivity contribution in [2.24, 2.45) is 11.8 Å². The summed E-state index contributed by atoms with van der Waals surface area (Å²) >= 11 is 0. The van der Waals surface area contributed by atoms with Crippen molar-refractivity contribution in [3.05, 3.63) is 0 Å². The number of hydrogen-bond acceptors (Lipinski definition) is 2. The molecule has 1 saturated heterocycles. The molecule has 1 saturated carbocycles. The SMILES string of the molecule is CCCC1COC(C2CCC(F)CC2)OC1. The summed E-state index contributed by atoms with van der Waals surface area (Å²) in [5.74, 6) is 0.994. The highest BCUT2D eigenvalue weighted by Crippen LogP contribution is 2.32. The second-order valence-corrected chi connectivity index (χ2v) is 5.20. The van der Waals surface area contributed by atoms with Crippen LogP contribution in [0.2, 0.25) is 0 Å². The van der Waals surface area contributed by atoms with Gasteiger partial charge in [0, 0.05) is 11.8 Å². The van der Waals surface area contributed by atoms with Crippen molar-refractivity contribution in [1.29, 1.82) is 0 Å². The predicted octanol–water partition coefficient (Wildman–Crippen LogP) is 3.30. The minimum Gasteiger partial charge on any atom is -0.352 e. The van der Waals surface area contributed by atoms with Gasteiger partial charge in [0.2, 0.25) is 0 Å². The van der Waals surface area contributed by atoms with Crippen LogP contribution < -0.4 is 0 Å². The summed E-state index contributed by atoms with van der Waals surface area (Å²) < 4.78 is 24.6. The van der Waals surface area contributed by atoms with Gasteiger partial charge in [-0.1, -0.05) is 13.3 Å². The first kappa shape index (κ1) is 12.3. The van der Waals surface area contributed by atoms with Crippen molar-refractivity contribution in [1.82, 2.24) is 0 Å². The Kier molecular flexibility index (Phi) is 4.59. The van der Waals surface area contributed by atoms with Gasteiger partial charge in [-0.3, -0.25) is 0 Å². The average Bonchev–Trinajstić information content (AvgIpc) is 2.32. The Hall–Kier alpha value is -0.150. The van der Waals surface area contributed by atoms with E-state index < -0.39 is 6.17 Å². The third-order valence-electron chi connectivity index (χ3n) is 3.78. The maximum Gasteiger partial charge on any atom is 0.160 e. The van der Waals surface area contributed by atoms with Crippen LogP contribution in [0.4, 0.5) is 4.39 Å². The summed E-state index contributed by atoms with van der Waals surface area (Å²) in [5, 5.41) is 0. The van der Waals surface area contributed by atoms with E-state index in [1.807, 2.05) is 0 Å². The second-order valence-electron chi connectivity index (χ2n) is 5.20. The molecule has 2 fully saturated rings. The lowest BCUT2D eigenvalue weighted by molar-refractivity contribution is -0.230. The first-order chi connectivity index (χ1) is 7.79. The van der Waals surface area contributed by atoms with E-state index in [1.54, 1.807) is 0 Å². The van der Waals surface area contributed by atoms with Crippen LogP contribution in [0.15, 0.2) is 0 Å². The van der Waals surface area contributed by atoms with E-state index in [4.69, 9.17) is 9.47 Å². The van der Waals surface area contributed by atoms with Crippen LogP contribution >= 0.6 is 0 Å². The molecule has 3 heteroatoms. The number of ether oxygens (including phenoxy) is 2. The lowest BCUT2D eigenvalue weighted by Gasteiger charge is -2.36. The Morgan fingerprint density at radius 2 is 1.69 bits per heavy atom. The number of rotatable bonds is 3. The molecule has 0 unspecified atom stereocenters.